The summed E-state index contributed by atoms with van der Waals surface area (Å²) in [6, 6.07) is 5.89. The van der Waals surface area contributed by atoms with Crippen LogP contribution >= 0.6 is 0 Å². The van der Waals surface area contributed by atoms with E-state index in [2.05, 4.69) is 4.84 Å². The van der Waals surface area contributed by atoms with Crippen molar-refractivity contribution < 1.29 is 31.2 Å². The third-order valence-corrected chi connectivity index (χ3v) is 3.57. The van der Waals surface area contributed by atoms with Crippen LogP contribution in [-0.2, 0) is 14.9 Å². The molecule has 1 aromatic carbocycles. The quantitative estimate of drug-likeness (QED) is 0.589. The van der Waals surface area contributed by atoms with Crippen molar-refractivity contribution in [2.24, 2.45) is 0 Å². The molecule has 0 spiro atoms. The first-order valence-electron chi connectivity index (χ1n) is 6.18. The Hall–Kier alpha value is -1.32. The van der Waals surface area contributed by atoms with Crippen molar-refractivity contribution in [2.45, 2.75) is 30.8 Å². The first kappa shape index (κ1) is 17.7. The SMILES string of the molecule is CCOc1ccccc1S(=O)(=O)NOCCCC(F)(F)F. The number of hydrogen-bond donors (Lipinski definition) is 1. The number of rotatable bonds is 8. The molecule has 0 aliphatic heterocycles. The molecule has 21 heavy (non-hydrogen) atoms. The Morgan fingerprint density at radius 3 is 2.52 bits per heavy atom. The zero-order valence-corrected chi connectivity index (χ0v) is 12.1. The minimum absolute atomic E-state index is 0.136. The van der Waals surface area contributed by atoms with Crippen molar-refractivity contribution in [3.8, 4) is 5.75 Å². The lowest BCUT2D eigenvalue weighted by molar-refractivity contribution is -0.138. The van der Waals surface area contributed by atoms with E-state index in [1.807, 2.05) is 0 Å². The number of hydrogen-bond acceptors (Lipinski definition) is 4. The molecule has 0 aromatic heterocycles. The van der Waals surface area contributed by atoms with Gasteiger partial charge in [-0.15, -0.1) is 0 Å². The maximum atomic E-state index is 11.9. The second-order valence-corrected chi connectivity index (χ2v) is 5.65. The minimum atomic E-state index is -4.29. The summed E-state index contributed by atoms with van der Waals surface area (Å²) in [5, 5.41) is 0. The van der Waals surface area contributed by atoms with Crippen LogP contribution in [0, 0.1) is 0 Å². The zero-order valence-electron chi connectivity index (χ0n) is 11.3. The zero-order chi connectivity index (χ0) is 15.9. The van der Waals surface area contributed by atoms with Gasteiger partial charge >= 0.3 is 6.18 Å². The third-order valence-electron chi connectivity index (χ3n) is 2.31. The maximum absolute atomic E-state index is 11.9. The molecule has 1 rings (SSSR count). The van der Waals surface area contributed by atoms with E-state index < -0.39 is 22.6 Å². The van der Waals surface area contributed by atoms with E-state index >= 15 is 0 Å². The number of halogens is 3. The van der Waals surface area contributed by atoms with Gasteiger partial charge in [0.1, 0.15) is 10.6 Å². The number of para-hydroxylation sites is 1. The molecule has 0 saturated heterocycles. The fraction of sp³-hybridized carbons (Fsp3) is 0.500. The molecule has 5 nitrogen and oxygen atoms in total. The average molecular weight is 327 g/mol. The highest BCUT2D eigenvalue weighted by Crippen LogP contribution is 2.23. The molecule has 0 amide bonds. The van der Waals surface area contributed by atoms with Crippen LogP contribution < -0.4 is 9.62 Å². The van der Waals surface area contributed by atoms with Gasteiger partial charge in [-0.3, -0.25) is 4.84 Å². The van der Waals surface area contributed by atoms with Gasteiger partial charge in [0.25, 0.3) is 10.0 Å². The summed E-state index contributed by atoms with van der Waals surface area (Å²) < 4.78 is 64.8. The van der Waals surface area contributed by atoms with E-state index in [9.17, 15) is 21.6 Å². The summed E-state index contributed by atoms with van der Waals surface area (Å²) in [7, 11) is -4.01. The van der Waals surface area contributed by atoms with E-state index in [1.165, 1.54) is 18.2 Å². The Labute approximate surface area is 121 Å². The second-order valence-electron chi connectivity index (χ2n) is 4.03. The third kappa shape index (κ3) is 6.32. The van der Waals surface area contributed by atoms with E-state index in [0.717, 1.165) is 0 Å². The van der Waals surface area contributed by atoms with E-state index in [1.54, 1.807) is 17.9 Å². The summed E-state index contributed by atoms with van der Waals surface area (Å²) in [5.41, 5.74) is 0. The molecule has 0 fully saturated rings. The van der Waals surface area contributed by atoms with Gasteiger partial charge in [-0.05, 0) is 25.5 Å². The minimum Gasteiger partial charge on any atom is -0.492 e. The number of alkyl halides is 3. The van der Waals surface area contributed by atoms with Crippen LogP contribution in [0.1, 0.15) is 19.8 Å². The number of nitrogens with one attached hydrogen (secondary N) is 1. The molecule has 0 heterocycles. The van der Waals surface area contributed by atoms with Gasteiger partial charge in [0, 0.05) is 6.42 Å². The molecule has 1 N–H and O–H groups in total. The Kier molecular flexibility index (Phi) is 6.43. The first-order valence-corrected chi connectivity index (χ1v) is 7.67. The van der Waals surface area contributed by atoms with Crippen LogP contribution in [0.25, 0.3) is 0 Å². The second kappa shape index (κ2) is 7.62. The fourth-order valence-electron chi connectivity index (χ4n) is 1.46. The molecule has 0 radical (unpaired) electrons. The van der Waals surface area contributed by atoms with E-state index in [4.69, 9.17) is 4.74 Å². The van der Waals surface area contributed by atoms with Crippen molar-refractivity contribution in [1.29, 1.82) is 0 Å². The lowest BCUT2D eigenvalue weighted by Gasteiger charge is -2.11. The van der Waals surface area contributed by atoms with Gasteiger partial charge in [0.2, 0.25) is 0 Å². The molecule has 0 unspecified atom stereocenters. The topological polar surface area (TPSA) is 64.6 Å². The Morgan fingerprint density at radius 2 is 1.90 bits per heavy atom. The predicted molar refractivity (Wildman–Crippen MR) is 69.2 cm³/mol. The van der Waals surface area contributed by atoms with E-state index in [0.29, 0.717) is 0 Å². The number of sulfonamides is 1. The summed E-state index contributed by atoms with van der Waals surface area (Å²) in [6.07, 6.45) is -5.66. The smallest absolute Gasteiger partial charge is 0.389 e. The Morgan fingerprint density at radius 1 is 1.24 bits per heavy atom. The average Bonchev–Trinajstić information content (AvgIpc) is 2.37. The van der Waals surface area contributed by atoms with Crippen molar-refractivity contribution in [1.82, 2.24) is 4.89 Å². The highest BCUT2D eigenvalue weighted by molar-refractivity contribution is 7.89. The summed E-state index contributed by atoms with van der Waals surface area (Å²) in [4.78, 5) is 6.24. The molecule has 9 heteroatoms. The normalized spacial score (nSPS) is 12.4. The lowest BCUT2D eigenvalue weighted by Crippen LogP contribution is -2.25. The predicted octanol–water partition coefficient (Wildman–Crippen LogP) is 2.64. The highest BCUT2D eigenvalue weighted by Gasteiger charge is 2.26. The van der Waals surface area contributed by atoms with Crippen LogP contribution in [0.5, 0.6) is 5.75 Å². The largest absolute Gasteiger partial charge is 0.492 e. The Bertz CT molecular complexity index is 546. The lowest BCUT2D eigenvalue weighted by atomic mass is 10.3. The van der Waals surface area contributed by atoms with Crippen LogP contribution in [0.4, 0.5) is 13.2 Å². The molecular formula is C12H16F3NO4S. The van der Waals surface area contributed by atoms with Crippen molar-refractivity contribution >= 4 is 10.0 Å². The van der Waals surface area contributed by atoms with Gasteiger partial charge in [-0.1, -0.05) is 17.0 Å². The number of ether oxygens (including phenoxy) is 1. The molecule has 0 saturated carbocycles. The number of benzene rings is 1. The van der Waals surface area contributed by atoms with Crippen molar-refractivity contribution in [3.63, 3.8) is 0 Å². The molecule has 1 aromatic rings. The van der Waals surface area contributed by atoms with Crippen LogP contribution in [-0.4, -0.2) is 27.8 Å². The van der Waals surface area contributed by atoms with Crippen LogP contribution in [0.15, 0.2) is 29.2 Å². The van der Waals surface area contributed by atoms with Gasteiger partial charge < -0.3 is 4.74 Å². The van der Waals surface area contributed by atoms with Crippen LogP contribution in [0.2, 0.25) is 0 Å². The monoisotopic (exact) mass is 327 g/mol. The van der Waals surface area contributed by atoms with Gasteiger partial charge in [0.05, 0.1) is 13.2 Å². The van der Waals surface area contributed by atoms with Gasteiger partial charge in [-0.25, -0.2) is 8.42 Å². The molecule has 0 aliphatic rings. The fourth-order valence-corrected chi connectivity index (χ4v) is 2.43. The first-order chi connectivity index (χ1) is 9.76. The maximum Gasteiger partial charge on any atom is 0.389 e. The summed E-state index contributed by atoms with van der Waals surface area (Å²) >= 11 is 0. The summed E-state index contributed by atoms with van der Waals surface area (Å²) in [6.45, 7) is 1.60. The van der Waals surface area contributed by atoms with Crippen LogP contribution in [0.3, 0.4) is 0 Å². The highest BCUT2D eigenvalue weighted by atomic mass is 32.2. The van der Waals surface area contributed by atoms with Crippen molar-refractivity contribution in [3.05, 3.63) is 24.3 Å². The molecular weight excluding hydrogens is 311 g/mol. The molecule has 120 valence electrons. The summed E-state index contributed by atoms with van der Waals surface area (Å²) in [5.74, 6) is 0.145. The van der Waals surface area contributed by atoms with E-state index in [-0.39, 0.29) is 30.3 Å². The standard InChI is InChI=1S/C12H16F3NO4S/c1-2-19-10-6-3-4-7-11(10)21(17,18)16-20-9-5-8-12(13,14)15/h3-4,6-7,16H,2,5,8-9H2,1H3. The van der Waals surface area contributed by atoms with Crippen molar-refractivity contribution in [2.75, 3.05) is 13.2 Å². The molecule has 0 atom stereocenters. The van der Waals surface area contributed by atoms with Gasteiger partial charge in [0.15, 0.2) is 0 Å². The molecule has 0 bridgehead atoms. The van der Waals surface area contributed by atoms with Gasteiger partial charge in [-0.2, -0.15) is 13.2 Å². The molecule has 0 aliphatic carbocycles. The Balaban J connectivity index is 2.58.